The summed E-state index contributed by atoms with van der Waals surface area (Å²) >= 11 is 0. The summed E-state index contributed by atoms with van der Waals surface area (Å²) in [6.07, 6.45) is -0.838. The van der Waals surface area contributed by atoms with E-state index in [0.717, 1.165) is 0 Å². The van der Waals surface area contributed by atoms with Gasteiger partial charge < -0.3 is 19.6 Å². The van der Waals surface area contributed by atoms with Crippen LogP contribution in [-0.4, -0.2) is 98.4 Å². The first-order chi connectivity index (χ1) is 11.7. The van der Waals surface area contributed by atoms with E-state index in [-0.39, 0.29) is 25.4 Å². The Balaban J connectivity index is 2.87. The molecule has 1 saturated heterocycles. The number of ketones is 1. The maximum absolute atomic E-state index is 12.3. The van der Waals surface area contributed by atoms with Crippen molar-refractivity contribution in [2.24, 2.45) is 5.41 Å². The highest BCUT2D eigenvalue weighted by Crippen LogP contribution is 2.36. The number of rotatable bonds is 6. The SMILES string of the molecule is CC(C)(C)C(=O)CN1CCN(CP(=O)(O)O)CCN(CP(=O)(O)O)CC1. The average Bonchev–Trinajstić information content (AvgIpc) is 2.49. The quantitative estimate of drug-likeness (QED) is 0.431. The zero-order valence-electron chi connectivity index (χ0n) is 15.6. The van der Waals surface area contributed by atoms with Crippen LogP contribution in [0.25, 0.3) is 0 Å². The van der Waals surface area contributed by atoms with E-state index in [9.17, 15) is 33.5 Å². The largest absolute Gasteiger partial charge is 0.339 e. The molecule has 154 valence electrons. The van der Waals surface area contributed by atoms with Crippen molar-refractivity contribution in [3.63, 3.8) is 0 Å². The van der Waals surface area contributed by atoms with Crippen LogP contribution in [-0.2, 0) is 13.9 Å². The first kappa shape index (κ1) is 23.9. The van der Waals surface area contributed by atoms with Gasteiger partial charge in [0.05, 0.1) is 6.54 Å². The van der Waals surface area contributed by atoms with Crippen LogP contribution in [0.15, 0.2) is 0 Å². The van der Waals surface area contributed by atoms with Crippen molar-refractivity contribution in [2.75, 3.05) is 58.4 Å². The molecular weight excluding hydrogens is 384 g/mol. The monoisotopic (exact) mass is 415 g/mol. The van der Waals surface area contributed by atoms with Crippen LogP contribution in [0, 0.1) is 5.41 Å². The van der Waals surface area contributed by atoms with E-state index in [1.807, 2.05) is 25.7 Å². The summed E-state index contributed by atoms with van der Waals surface area (Å²) in [7, 11) is -8.50. The first-order valence-corrected chi connectivity index (χ1v) is 12.0. The van der Waals surface area contributed by atoms with Gasteiger partial charge in [0.1, 0.15) is 12.6 Å². The number of hydrogen-bond acceptors (Lipinski definition) is 6. The molecule has 0 radical (unpaired) electrons. The molecular formula is C14H31N3O7P2. The number of carbonyl (C=O) groups excluding carboxylic acids is 1. The van der Waals surface area contributed by atoms with Crippen molar-refractivity contribution < 1.29 is 33.5 Å². The fourth-order valence-electron chi connectivity index (χ4n) is 2.59. The van der Waals surface area contributed by atoms with Crippen molar-refractivity contribution >= 4 is 21.0 Å². The van der Waals surface area contributed by atoms with Gasteiger partial charge in [0.2, 0.25) is 0 Å². The molecule has 0 spiro atoms. The first-order valence-electron chi connectivity index (χ1n) is 8.45. The van der Waals surface area contributed by atoms with Gasteiger partial charge in [-0.1, -0.05) is 20.8 Å². The molecule has 0 amide bonds. The third kappa shape index (κ3) is 10.3. The average molecular weight is 415 g/mol. The van der Waals surface area contributed by atoms with Crippen LogP contribution in [0.5, 0.6) is 0 Å². The molecule has 10 nitrogen and oxygen atoms in total. The van der Waals surface area contributed by atoms with E-state index < -0.39 is 33.2 Å². The third-order valence-electron chi connectivity index (χ3n) is 4.17. The molecule has 26 heavy (non-hydrogen) atoms. The van der Waals surface area contributed by atoms with Crippen molar-refractivity contribution in [1.29, 1.82) is 0 Å². The summed E-state index contributed by atoms with van der Waals surface area (Å²) < 4.78 is 22.7. The summed E-state index contributed by atoms with van der Waals surface area (Å²) in [6.45, 7) is 7.87. The Morgan fingerprint density at radius 2 is 1.08 bits per heavy atom. The van der Waals surface area contributed by atoms with Gasteiger partial charge in [0.25, 0.3) is 0 Å². The smallest absolute Gasteiger partial charge is 0.324 e. The molecule has 0 unspecified atom stereocenters. The molecule has 0 bridgehead atoms. The summed E-state index contributed by atoms with van der Waals surface area (Å²) in [4.78, 5) is 54.3. The second-order valence-corrected chi connectivity index (χ2v) is 11.0. The second-order valence-electron chi connectivity index (χ2n) is 7.80. The molecule has 1 aliphatic rings. The van der Waals surface area contributed by atoms with Gasteiger partial charge in [-0.15, -0.1) is 0 Å². The predicted molar refractivity (Wildman–Crippen MR) is 97.9 cm³/mol. The minimum atomic E-state index is -4.25. The van der Waals surface area contributed by atoms with Crippen molar-refractivity contribution in [3.8, 4) is 0 Å². The molecule has 0 aromatic carbocycles. The van der Waals surface area contributed by atoms with E-state index in [2.05, 4.69) is 0 Å². The Kier molecular flexibility index (Phi) is 8.60. The highest BCUT2D eigenvalue weighted by Gasteiger charge is 2.28. The Labute approximate surface area is 154 Å². The van der Waals surface area contributed by atoms with Gasteiger partial charge in [0, 0.05) is 44.7 Å². The van der Waals surface area contributed by atoms with E-state index >= 15 is 0 Å². The van der Waals surface area contributed by atoms with Gasteiger partial charge in [-0.3, -0.25) is 28.6 Å². The third-order valence-corrected chi connectivity index (χ3v) is 5.71. The molecule has 0 aliphatic carbocycles. The Morgan fingerprint density at radius 1 is 0.769 bits per heavy atom. The van der Waals surface area contributed by atoms with Crippen molar-refractivity contribution in [2.45, 2.75) is 20.8 Å². The standard InChI is InChI=1S/C14H31N3O7P2/c1-14(2,3)13(18)10-15-4-6-16(11-25(19,20)21)8-9-17(7-5-15)12-26(22,23)24/h4-12H2,1-3H3,(H2,19,20,21)(H2,22,23,24). The topological polar surface area (TPSA) is 142 Å². The second kappa shape index (κ2) is 9.37. The minimum absolute atomic E-state index is 0.0415. The Hall–Kier alpha value is -0.150. The van der Waals surface area contributed by atoms with Crippen molar-refractivity contribution in [3.05, 3.63) is 0 Å². The molecule has 0 saturated carbocycles. The van der Waals surface area contributed by atoms with Crippen LogP contribution in [0.3, 0.4) is 0 Å². The number of hydrogen-bond donors (Lipinski definition) is 4. The molecule has 1 fully saturated rings. The zero-order chi connectivity index (χ0) is 20.2. The predicted octanol–water partition coefficient (Wildman–Crippen LogP) is -0.208. The van der Waals surface area contributed by atoms with Crippen LogP contribution in [0.2, 0.25) is 0 Å². The van der Waals surface area contributed by atoms with Gasteiger partial charge in [-0.05, 0) is 0 Å². The van der Waals surface area contributed by atoms with E-state index in [1.54, 1.807) is 9.80 Å². The molecule has 0 aromatic heterocycles. The molecule has 1 aliphatic heterocycles. The number of carbonyl (C=O) groups is 1. The molecule has 1 rings (SSSR count). The lowest BCUT2D eigenvalue weighted by molar-refractivity contribution is -0.127. The Morgan fingerprint density at radius 3 is 1.35 bits per heavy atom. The molecule has 0 atom stereocenters. The van der Waals surface area contributed by atoms with Crippen LogP contribution < -0.4 is 0 Å². The fourth-order valence-corrected chi connectivity index (χ4v) is 4.19. The summed E-state index contributed by atoms with van der Waals surface area (Å²) in [5.74, 6) is 0.0415. The number of Topliss-reactive ketones (excluding diaryl/α,β-unsaturated/α-hetero) is 1. The van der Waals surface area contributed by atoms with E-state index in [1.165, 1.54) is 0 Å². The summed E-state index contributed by atoms with van der Waals surface area (Å²) in [5.41, 5.74) is -0.504. The van der Waals surface area contributed by atoms with Gasteiger partial charge >= 0.3 is 15.2 Å². The molecule has 0 aromatic rings. The van der Waals surface area contributed by atoms with Gasteiger partial charge in [0.15, 0.2) is 5.78 Å². The lowest BCUT2D eigenvalue weighted by Crippen LogP contribution is -2.42. The fraction of sp³-hybridized carbons (Fsp3) is 0.929. The van der Waals surface area contributed by atoms with Crippen molar-refractivity contribution in [1.82, 2.24) is 14.7 Å². The summed E-state index contributed by atoms with van der Waals surface area (Å²) in [6, 6.07) is 0. The lowest BCUT2D eigenvalue weighted by atomic mass is 9.90. The minimum Gasteiger partial charge on any atom is -0.324 e. The van der Waals surface area contributed by atoms with Crippen LogP contribution in [0.1, 0.15) is 20.8 Å². The van der Waals surface area contributed by atoms with Gasteiger partial charge in [-0.25, -0.2) is 0 Å². The Bertz CT molecular complexity index is 533. The van der Waals surface area contributed by atoms with E-state index in [0.29, 0.717) is 26.2 Å². The maximum atomic E-state index is 12.3. The maximum Gasteiger partial charge on any atom is 0.339 e. The van der Waals surface area contributed by atoms with Crippen LogP contribution in [0.4, 0.5) is 0 Å². The lowest BCUT2D eigenvalue weighted by Gasteiger charge is -2.28. The molecule has 12 heteroatoms. The van der Waals surface area contributed by atoms with Crippen LogP contribution >= 0.6 is 15.2 Å². The molecule has 4 N–H and O–H groups in total. The highest BCUT2D eigenvalue weighted by atomic mass is 31.2. The number of nitrogens with zero attached hydrogens (tertiary/aromatic N) is 3. The molecule has 1 heterocycles. The van der Waals surface area contributed by atoms with E-state index in [4.69, 9.17) is 0 Å². The van der Waals surface area contributed by atoms with Gasteiger partial charge in [-0.2, -0.15) is 0 Å². The summed E-state index contributed by atoms with van der Waals surface area (Å²) in [5, 5.41) is 0. The zero-order valence-corrected chi connectivity index (χ0v) is 17.4. The normalized spacial score (nSPS) is 20.4. The highest BCUT2D eigenvalue weighted by molar-refractivity contribution is 7.51.